The van der Waals surface area contributed by atoms with E-state index in [1.165, 1.54) is 4.90 Å². The smallest absolute Gasteiger partial charge is 0.243 e. The molecule has 0 radical (unpaired) electrons. The molecule has 1 atom stereocenters. The Morgan fingerprint density at radius 1 is 1.14 bits per heavy atom. The fourth-order valence-corrected chi connectivity index (χ4v) is 3.69. The zero-order valence-electron chi connectivity index (χ0n) is 16.2. The number of amides is 2. The van der Waals surface area contributed by atoms with E-state index in [0.717, 1.165) is 28.6 Å². The molecular formula is C21H22N4O3S. The SMILES string of the molecule is COc1ccc(/C(C)=N/N=C(/N)SC2CC(=O)N(Cc3ccccc3)C2=O)cc1. The number of carbonyl (C=O) groups excluding carboxylic acids is 2. The van der Waals surface area contributed by atoms with Gasteiger partial charge >= 0.3 is 0 Å². The van der Waals surface area contributed by atoms with Gasteiger partial charge in [-0.25, -0.2) is 0 Å². The van der Waals surface area contributed by atoms with Gasteiger partial charge in [0.25, 0.3) is 0 Å². The second kappa shape index (κ2) is 9.38. The Balaban J connectivity index is 1.62. The lowest BCUT2D eigenvalue weighted by Gasteiger charge is -2.14. The monoisotopic (exact) mass is 410 g/mol. The second-order valence-corrected chi connectivity index (χ2v) is 7.69. The van der Waals surface area contributed by atoms with Gasteiger partial charge in [0.15, 0.2) is 5.17 Å². The topological polar surface area (TPSA) is 97.3 Å². The van der Waals surface area contributed by atoms with Crippen molar-refractivity contribution in [3.05, 3.63) is 65.7 Å². The summed E-state index contributed by atoms with van der Waals surface area (Å²) in [5.74, 6) is 0.296. The quantitative estimate of drug-likeness (QED) is 0.342. The van der Waals surface area contributed by atoms with E-state index in [2.05, 4.69) is 10.2 Å². The van der Waals surface area contributed by atoms with E-state index in [9.17, 15) is 9.59 Å². The first-order valence-electron chi connectivity index (χ1n) is 9.05. The van der Waals surface area contributed by atoms with Gasteiger partial charge in [0.05, 0.1) is 19.4 Å². The summed E-state index contributed by atoms with van der Waals surface area (Å²) in [4.78, 5) is 26.1. The summed E-state index contributed by atoms with van der Waals surface area (Å²) >= 11 is 1.07. The Morgan fingerprint density at radius 2 is 1.83 bits per heavy atom. The number of benzene rings is 2. The van der Waals surface area contributed by atoms with Crippen molar-refractivity contribution in [1.29, 1.82) is 0 Å². The van der Waals surface area contributed by atoms with Gasteiger partial charge in [0.2, 0.25) is 11.8 Å². The summed E-state index contributed by atoms with van der Waals surface area (Å²) in [6.07, 6.45) is 0.105. The number of likely N-dealkylation sites (tertiary alicyclic amines) is 1. The molecule has 2 amide bonds. The van der Waals surface area contributed by atoms with Crippen LogP contribution in [0.25, 0.3) is 0 Å². The number of hydrogen-bond acceptors (Lipinski definition) is 6. The lowest BCUT2D eigenvalue weighted by atomic mass is 10.1. The Kier molecular flexibility index (Phi) is 6.66. The highest BCUT2D eigenvalue weighted by Crippen LogP contribution is 2.26. The molecule has 1 aliphatic rings. The molecule has 1 heterocycles. The summed E-state index contributed by atoms with van der Waals surface area (Å²) in [7, 11) is 1.61. The number of rotatable bonds is 6. The highest BCUT2D eigenvalue weighted by atomic mass is 32.2. The third-order valence-corrected chi connectivity index (χ3v) is 5.43. The van der Waals surface area contributed by atoms with Gasteiger partial charge in [0, 0.05) is 6.42 Å². The number of nitrogens with zero attached hydrogens (tertiary/aromatic N) is 3. The second-order valence-electron chi connectivity index (χ2n) is 6.47. The standard InChI is InChI=1S/C21H22N4O3S/c1-14(16-8-10-17(28-2)11-9-16)23-24-21(22)29-18-12-19(26)25(20(18)27)13-15-6-4-3-5-7-15/h3-11,18H,12-13H2,1-2H3,(H2,22,24)/b23-14+. The van der Waals surface area contributed by atoms with Crippen LogP contribution in [0, 0.1) is 0 Å². The number of ether oxygens (including phenoxy) is 1. The first kappa shape index (κ1) is 20.6. The molecule has 1 saturated heterocycles. The Hall–Kier alpha value is -3.13. The molecule has 150 valence electrons. The van der Waals surface area contributed by atoms with Crippen LogP contribution >= 0.6 is 11.8 Å². The van der Waals surface area contributed by atoms with Crippen LogP contribution in [0.4, 0.5) is 0 Å². The maximum atomic E-state index is 12.6. The summed E-state index contributed by atoms with van der Waals surface area (Å²) in [5, 5.41) is 7.70. The normalized spacial score (nSPS) is 17.7. The van der Waals surface area contributed by atoms with Crippen molar-refractivity contribution in [1.82, 2.24) is 4.90 Å². The maximum Gasteiger partial charge on any atom is 0.243 e. The molecule has 0 aliphatic carbocycles. The number of hydrogen-bond donors (Lipinski definition) is 1. The van der Waals surface area contributed by atoms with Gasteiger partial charge < -0.3 is 10.5 Å². The molecule has 2 aromatic carbocycles. The van der Waals surface area contributed by atoms with E-state index >= 15 is 0 Å². The largest absolute Gasteiger partial charge is 0.497 e. The van der Waals surface area contributed by atoms with Crippen LogP contribution in [-0.4, -0.2) is 40.0 Å². The highest BCUT2D eigenvalue weighted by molar-refractivity contribution is 8.14. The van der Waals surface area contributed by atoms with Crippen LogP contribution in [0.3, 0.4) is 0 Å². The lowest BCUT2D eigenvalue weighted by Crippen LogP contribution is -2.31. The zero-order valence-corrected chi connectivity index (χ0v) is 17.1. The molecule has 0 saturated carbocycles. The van der Waals surface area contributed by atoms with E-state index in [0.29, 0.717) is 5.71 Å². The number of carbonyl (C=O) groups is 2. The molecule has 7 nitrogen and oxygen atoms in total. The molecule has 0 bridgehead atoms. The van der Waals surface area contributed by atoms with E-state index in [1.54, 1.807) is 7.11 Å². The van der Waals surface area contributed by atoms with Crippen LogP contribution in [-0.2, 0) is 16.1 Å². The van der Waals surface area contributed by atoms with Gasteiger partial charge in [-0.15, -0.1) is 5.10 Å². The van der Waals surface area contributed by atoms with Crippen molar-refractivity contribution < 1.29 is 14.3 Å². The van der Waals surface area contributed by atoms with Crippen molar-refractivity contribution in [2.75, 3.05) is 7.11 Å². The molecule has 29 heavy (non-hydrogen) atoms. The van der Waals surface area contributed by atoms with Gasteiger partial charge in [-0.2, -0.15) is 5.10 Å². The molecule has 0 spiro atoms. The average molecular weight is 410 g/mol. The number of imide groups is 1. The summed E-state index contributed by atoms with van der Waals surface area (Å²) < 4.78 is 5.13. The number of thioether (sulfide) groups is 1. The van der Waals surface area contributed by atoms with Crippen molar-refractivity contribution in [2.24, 2.45) is 15.9 Å². The van der Waals surface area contributed by atoms with Crippen LogP contribution in [0.15, 0.2) is 64.8 Å². The average Bonchev–Trinajstić information content (AvgIpc) is 3.00. The summed E-state index contributed by atoms with van der Waals surface area (Å²) in [6.45, 7) is 2.08. The van der Waals surface area contributed by atoms with Crippen LogP contribution in [0.5, 0.6) is 5.75 Å². The fraction of sp³-hybridized carbons (Fsp3) is 0.238. The number of amidine groups is 1. The van der Waals surface area contributed by atoms with Crippen molar-refractivity contribution in [3.8, 4) is 5.75 Å². The first-order chi connectivity index (χ1) is 14.0. The van der Waals surface area contributed by atoms with Gasteiger partial charge in [-0.05, 0) is 42.3 Å². The van der Waals surface area contributed by atoms with E-state index < -0.39 is 5.25 Å². The predicted molar refractivity (Wildman–Crippen MR) is 115 cm³/mol. The number of nitrogens with two attached hydrogens (primary N) is 1. The number of methoxy groups -OCH3 is 1. The maximum absolute atomic E-state index is 12.6. The summed E-state index contributed by atoms with van der Waals surface area (Å²) in [5.41, 5.74) is 8.40. The molecule has 3 rings (SSSR count). The predicted octanol–water partition coefficient (Wildman–Crippen LogP) is 2.79. The van der Waals surface area contributed by atoms with Gasteiger partial charge in [-0.3, -0.25) is 14.5 Å². The Bertz CT molecular complexity index is 942. The highest BCUT2D eigenvalue weighted by Gasteiger charge is 2.39. The fourth-order valence-electron chi connectivity index (χ4n) is 2.86. The van der Waals surface area contributed by atoms with E-state index in [1.807, 2.05) is 61.5 Å². The van der Waals surface area contributed by atoms with Crippen molar-refractivity contribution >= 4 is 34.5 Å². The molecule has 1 aliphatic heterocycles. The van der Waals surface area contributed by atoms with E-state index in [4.69, 9.17) is 10.5 Å². The van der Waals surface area contributed by atoms with Crippen molar-refractivity contribution in [3.63, 3.8) is 0 Å². The van der Waals surface area contributed by atoms with Gasteiger partial charge in [-0.1, -0.05) is 42.1 Å². The minimum absolute atomic E-state index is 0.105. The third kappa shape index (κ3) is 5.23. The zero-order chi connectivity index (χ0) is 20.8. The molecule has 2 aromatic rings. The Morgan fingerprint density at radius 3 is 2.48 bits per heavy atom. The Labute approximate surface area is 173 Å². The first-order valence-corrected chi connectivity index (χ1v) is 9.93. The molecule has 0 aromatic heterocycles. The molecule has 2 N–H and O–H groups in total. The molecular weight excluding hydrogens is 388 g/mol. The summed E-state index contributed by atoms with van der Waals surface area (Å²) in [6, 6.07) is 16.8. The van der Waals surface area contributed by atoms with Crippen molar-refractivity contribution in [2.45, 2.75) is 25.1 Å². The minimum Gasteiger partial charge on any atom is -0.497 e. The van der Waals surface area contributed by atoms with Crippen LogP contribution in [0.2, 0.25) is 0 Å². The van der Waals surface area contributed by atoms with Gasteiger partial charge in [0.1, 0.15) is 11.0 Å². The molecule has 1 fully saturated rings. The van der Waals surface area contributed by atoms with Crippen LogP contribution < -0.4 is 10.5 Å². The van der Waals surface area contributed by atoms with E-state index in [-0.39, 0.29) is 29.9 Å². The lowest BCUT2D eigenvalue weighted by molar-refractivity contribution is -0.138. The van der Waals surface area contributed by atoms with Crippen LogP contribution in [0.1, 0.15) is 24.5 Å². The third-order valence-electron chi connectivity index (χ3n) is 4.46. The molecule has 1 unspecified atom stereocenters. The minimum atomic E-state index is -0.577. The molecule has 8 heteroatoms.